The minimum Gasteiger partial charge on any atom is -0.457 e. The molecule has 0 N–H and O–H groups in total. The molecule has 0 radical (unpaired) electrons. The lowest BCUT2D eigenvalue weighted by Crippen LogP contribution is -2.28. The number of aromatic nitrogens is 1. The molecule has 0 aliphatic carbocycles. The topological polar surface area (TPSA) is 58.7 Å². The number of benzene rings is 2. The Morgan fingerprint density at radius 3 is 2.56 bits per heavy atom. The molecule has 0 unspecified atom stereocenters. The summed E-state index contributed by atoms with van der Waals surface area (Å²) in [5.74, 6) is 1.52. The molecule has 1 saturated heterocycles. The summed E-state index contributed by atoms with van der Waals surface area (Å²) in [7, 11) is 0. The molecule has 34 heavy (non-hydrogen) atoms. The van der Waals surface area contributed by atoms with Gasteiger partial charge in [-0.2, -0.15) is 0 Å². The molecule has 2 aromatic heterocycles. The fourth-order valence-corrected chi connectivity index (χ4v) is 4.67. The van der Waals surface area contributed by atoms with Crippen molar-refractivity contribution in [3.8, 4) is 11.3 Å². The number of furan rings is 1. The van der Waals surface area contributed by atoms with E-state index in [1.165, 1.54) is 11.8 Å². The first-order valence-electron chi connectivity index (χ1n) is 10.3. The van der Waals surface area contributed by atoms with E-state index < -0.39 is 0 Å². The Bertz CT molecular complexity index is 1450. The number of halogens is 2. The maximum Gasteiger partial charge on any atom is 0.271 e. The van der Waals surface area contributed by atoms with Crippen molar-refractivity contribution in [3.05, 3.63) is 105 Å². The van der Waals surface area contributed by atoms with E-state index in [1.807, 2.05) is 73.7 Å². The van der Waals surface area contributed by atoms with E-state index in [2.05, 4.69) is 9.98 Å². The largest absolute Gasteiger partial charge is 0.457 e. The molecule has 8 heteroatoms. The van der Waals surface area contributed by atoms with Crippen LogP contribution in [0.3, 0.4) is 0 Å². The van der Waals surface area contributed by atoms with Gasteiger partial charge >= 0.3 is 0 Å². The zero-order valence-electron chi connectivity index (χ0n) is 17.9. The van der Waals surface area contributed by atoms with Gasteiger partial charge in [0, 0.05) is 17.3 Å². The van der Waals surface area contributed by atoms with Crippen molar-refractivity contribution >= 4 is 63.6 Å². The van der Waals surface area contributed by atoms with Gasteiger partial charge in [-0.3, -0.25) is 9.69 Å². The number of carbonyl (C=O) groups is 1. The van der Waals surface area contributed by atoms with Gasteiger partial charge in [0.1, 0.15) is 11.5 Å². The van der Waals surface area contributed by atoms with Gasteiger partial charge in [0.25, 0.3) is 5.91 Å². The molecule has 4 aromatic rings. The Balaban J connectivity index is 1.50. The number of thioether (sulfide) groups is 1. The number of amidine groups is 1. The maximum absolute atomic E-state index is 13.4. The number of nitrogens with zero attached hydrogens (tertiary/aromatic N) is 3. The highest BCUT2D eigenvalue weighted by Crippen LogP contribution is 2.38. The van der Waals surface area contributed by atoms with Crippen molar-refractivity contribution in [1.29, 1.82) is 0 Å². The van der Waals surface area contributed by atoms with Crippen molar-refractivity contribution in [2.24, 2.45) is 4.99 Å². The average molecular weight is 506 g/mol. The van der Waals surface area contributed by atoms with Crippen LogP contribution < -0.4 is 4.90 Å². The van der Waals surface area contributed by atoms with Crippen molar-refractivity contribution in [2.75, 3.05) is 4.90 Å². The lowest BCUT2D eigenvalue weighted by Gasteiger charge is -2.15. The lowest BCUT2D eigenvalue weighted by atomic mass is 10.2. The van der Waals surface area contributed by atoms with Crippen LogP contribution in [0.4, 0.5) is 11.5 Å². The second-order valence-corrected chi connectivity index (χ2v) is 9.27. The zero-order chi connectivity index (χ0) is 23.7. The second kappa shape index (κ2) is 9.50. The minimum atomic E-state index is -0.185. The summed E-state index contributed by atoms with van der Waals surface area (Å²) in [5, 5.41) is 1.45. The molecule has 3 heterocycles. The van der Waals surface area contributed by atoms with E-state index in [4.69, 9.17) is 27.6 Å². The van der Waals surface area contributed by atoms with Gasteiger partial charge in [-0.1, -0.05) is 47.5 Å². The minimum absolute atomic E-state index is 0.185. The van der Waals surface area contributed by atoms with Crippen LogP contribution in [0.5, 0.6) is 0 Å². The van der Waals surface area contributed by atoms with Crippen LogP contribution in [-0.2, 0) is 4.79 Å². The van der Waals surface area contributed by atoms with Crippen molar-refractivity contribution in [3.63, 3.8) is 0 Å². The van der Waals surface area contributed by atoms with Gasteiger partial charge in [-0.15, -0.1) is 0 Å². The molecular weight excluding hydrogens is 489 g/mol. The summed E-state index contributed by atoms with van der Waals surface area (Å²) >= 11 is 13.4. The number of rotatable bonds is 4. The number of para-hydroxylation sites is 1. The van der Waals surface area contributed by atoms with Crippen LogP contribution in [0.2, 0.25) is 10.0 Å². The molecule has 1 fully saturated rings. The van der Waals surface area contributed by atoms with E-state index in [1.54, 1.807) is 23.1 Å². The molecule has 5 rings (SSSR count). The van der Waals surface area contributed by atoms with Crippen molar-refractivity contribution < 1.29 is 9.21 Å². The fourth-order valence-electron chi connectivity index (χ4n) is 3.41. The van der Waals surface area contributed by atoms with E-state index in [-0.39, 0.29) is 5.91 Å². The molecule has 2 aromatic carbocycles. The molecule has 1 aliphatic rings. The first kappa shape index (κ1) is 22.5. The van der Waals surface area contributed by atoms with Gasteiger partial charge < -0.3 is 4.42 Å². The molecule has 0 bridgehead atoms. The summed E-state index contributed by atoms with van der Waals surface area (Å²) < 4.78 is 5.97. The van der Waals surface area contributed by atoms with Crippen LogP contribution in [0.1, 0.15) is 11.5 Å². The first-order valence-corrected chi connectivity index (χ1v) is 11.9. The SMILES string of the molecule is Cc1cccc(/N=C2/S/C(=C/c3ccc(-c4ccc(Cl)c(Cl)c4)o3)C(=O)N2c2ccccc2)n1. The van der Waals surface area contributed by atoms with Gasteiger partial charge in [0.15, 0.2) is 11.0 Å². The summed E-state index contributed by atoms with van der Waals surface area (Å²) in [5.41, 5.74) is 2.37. The van der Waals surface area contributed by atoms with E-state index in [9.17, 15) is 4.79 Å². The Kier molecular flexibility index (Phi) is 6.28. The Morgan fingerprint density at radius 1 is 0.971 bits per heavy atom. The molecule has 0 spiro atoms. The van der Waals surface area contributed by atoms with E-state index >= 15 is 0 Å². The monoisotopic (exact) mass is 505 g/mol. The standard InChI is InChI=1S/C26H17Cl2N3O2S/c1-16-6-5-9-24(29-16)30-26-31(18-7-3-2-4-8-18)25(32)23(34-26)15-19-11-13-22(33-19)17-10-12-20(27)21(28)14-17/h2-15H,1H3/b23-15+,30-26+. The van der Waals surface area contributed by atoms with Crippen LogP contribution in [0.25, 0.3) is 17.4 Å². The molecule has 0 saturated carbocycles. The molecular formula is C26H17Cl2N3O2S. The summed E-state index contributed by atoms with van der Waals surface area (Å²) in [6, 6.07) is 23.9. The third kappa shape index (κ3) is 4.66. The Morgan fingerprint density at radius 2 is 1.79 bits per heavy atom. The molecule has 0 atom stereocenters. The second-order valence-electron chi connectivity index (χ2n) is 7.45. The van der Waals surface area contributed by atoms with Gasteiger partial charge in [0.05, 0.1) is 20.6 Å². The highest BCUT2D eigenvalue weighted by atomic mass is 35.5. The van der Waals surface area contributed by atoms with Gasteiger partial charge in [0.2, 0.25) is 0 Å². The molecule has 1 aliphatic heterocycles. The number of amides is 1. The normalized spacial score (nSPS) is 16.1. The fraction of sp³-hybridized carbons (Fsp3) is 0.0385. The number of carbonyl (C=O) groups excluding carboxylic acids is 1. The summed E-state index contributed by atoms with van der Waals surface area (Å²) in [6.45, 7) is 1.90. The van der Waals surface area contributed by atoms with Crippen molar-refractivity contribution in [1.82, 2.24) is 4.98 Å². The zero-order valence-corrected chi connectivity index (χ0v) is 20.2. The number of pyridine rings is 1. The maximum atomic E-state index is 13.4. The summed E-state index contributed by atoms with van der Waals surface area (Å²) in [6.07, 6.45) is 1.72. The molecule has 168 valence electrons. The van der Waals surface area contributed by atoms with Crippen LogP contribution in [0.15, 0.2) is 93.2 Å². The molecule has 1 amide bonds. The quantitative estimate of drug-likeness (QED) is 0.266. The smallest absolute Gasteiger partial charge is 0.271 e. The number of aryl methyl sites for hydroxylation is 1. The molecule has 5 nitrogen and oxygen atoms in total. The first-order chi connectivity index (χ1) is 16.5. The van der Waals surface area contributed by atoms with Gasteiger partial charge in [-0.25, -0.2) is 9.98 Å². The number of hydrogen-bond acceptors (Lipinski definition) is 5. The number of anilines is 1. The highest BCUT2D eigenvalue weighted by molar-refractivity contribution is 8.19. The van der Waals surface area contributed by atoms with Crippen LogP contribution in [0, 0.1) is 6.92 Å². The highest BCUT2D eigenvalue weighted by Gasteiger charge is 2.35. The predicted octanol–water partition coefficient (Wildman–Crippen LogP) is 7.77. The van der Waals surface area contributed by atoms with Gasteiger partial charge in [-0.05, 0) is 73.3 Å². The van der Waals surface area contributed by atoms with E-state index in [0.29, 0.717) is 37.5 Å². The average Bonchev–Trinajstić information content (AvgIpc) is 3.41. The predicted molar refractivity (Wildman–Crippen MR) is 140 cm³/mol. The Labute approximate surface area is 210 Å². The van der Waals surface area contributed by atoms with E-state index in [0.717, 1.165) is 16.9 Å². The third-order valence-corrected chi connectivity index (χ3v) is 6.72. The number of aliphatic imine (C=N–C) groups is 1. The summed E-state index contributed by atoms with van der Waals surface area (Å²) in [4.78, 5) is 24.6. The number of hydrogen-bond donors (Lipinski definition) is 0. The third-order valence-electron chi connectivity index (χ3n) is 5.01. The lowest BCUT2D eigenvalue weighted by molar-refractivity contribution is -0.113. The van der Waals surface area contributed by atoms with Crippen LogP contribution in [-0.4, -0.2) is 16.1 Å². The van der Waals surface area contributed by atoms with Crippen molar-refractivity contribution in [2.45, 2.75) is 6.92 Å². The Hall–Kier alpha value is -3.32. The van der Waals surface area contributed by atoms with Crippen LogP contribution >= 0.6 is 35.0 Å².